The van der Waals surface area contributed by atoms with Gasteiger partial charge in [0.1, 0.15) is 5.76 Å². The molecular weight excluding hydrogens is 380 g/mol. The number of carbonyl (C=O) groups is 1. The van der Waals surface area contributed by atoms with Crippen LogP contribution in [0.25, 0.3) is 0 Å². The molecule has 1 fully saturated rings. The van der Waals surface area contributed by atoms with Gasteiger partial charge in [0.2, 0.25) is 6.79 Å². The summed E-state index contributed by atoms with van der Waals surface area (Å²) in [5, 5.41) is 2.97. The summed E-state index contributed by atoms with van der Waals surface area (Å²) in [7, 11) is 0. The molecule has 0 atom stereocenters. The van der Waals surface area contributed by atoms with Crippen molar-refractivity contribution in [3.63, 3.8) is 0 Å². The van der Waals surface area contributed by atoms with Crippen LogP contribution < -0.4 is 14.8 Å². The predicted molar refractivity (Wildman–Crippen MR) is 111 cm³/mol. The molecule has 6 heteroatoms. The second-order valence-electron chi connectivity index (χ2n) is 7.83. The highest BCUT2D eigenvalue weighted by molar-refractivity contribution is 5.91. The number of nitrogens with zero attached hydrogens (tertiary/aromatic N) is 1. The third-order valence-electron chi connectivity index (χ3n) is 5.27. The number of nitrogens with one attached hydrogen (secondary N) is 1. The highest BCUT2D eigenvalue weighted by atomic mass is 16.7. The Morgan fingerprint density at radius 3 is 2.53 bits per heavy atom. The molecule has 1 aliphatic heterocycles. The second kappa shape index (κ2) is 8.24. The van der Waals surface area contributed by atoms with Gasteiger partial charge < -0.3 is 19.2 Å². The normalized spacial score (nSPS) is 14.8. The molecule has 0 saturated heterocycles. The van der Waals surface area contributed by atoms with Crippen molar-refractivity contribution in [2.75, 3.05) is 6.79 Å². The van der Waals surface area contributed by atoms with Crippen molar-refractivity contribution >= 4 is 5.91 Å². The van der Waals surface area contributed by atoms with Gasteiger partial charge in [0, 0.05) is 19.1 Å². The Labute approximate surface area is 175 Å². The van der Waals surface area contributed by atoms with Gasteiger partial charge in [-0.3, -0.25) is 9.69 Å². The quantitative estimate of drug-likeness (QED) is 0.612. The lowest BCUT2D eigenvalue weighted by atomic mass is 10.1. The van der Waals surface area contributed by atoms with Crippen molar-refractivity contribution in [1.82, 2.24) is 10.2 Å². The van der Waals surface area contributed by atoms with Crippen molar-refractivity contribution < 1.29 is 18.7 Å². The molecule has 30 heavy (non-hydrogen) atoms. The van der Waals surface area contributed by atoms with Gasteiger partial charge in [0.05, 0.1) is 6.54 Å². The maximum atomic E-state index is 12.2. The van der Waals surface area contributed by atoms with Gasteiger partial charge in [-0.1, -0.05) is 36.4 Å². The topological polar surface area (TPSA) is 63.9 Å². The maximum absolute atomic E-state index is 12.2. The molecule has 1 saturated carbocycles. The first-order chi connectivity index (χ1) is 14.7. The Balaban J connectivity index is 1.32. The summed E-state index contributed by atoms with van der Waals surface area (Å²) < 4.78 is 16.8. The molecule has 0 radical (unpaired) electrons. The zero-order chi connectivity index (χ0) is 20.3. The molecule has 1 aliphatic carbocycles. The third-order valence-corrected chi connectivity index (χ3v) is 5.27. The smallest absolute Gasteiger partial charge is 0.287 e. The fourth-order valence-corrected chi connectivity index (χ4v) is 3.60. The van der Waals surface area contributed by atoms with Gasteiger partial charge in [-0.15, -0.1) is 0 Å². The van der Waals surface area contributed by atoms with E-state index in [0.29, 0.717) is 18.3 Å². The molecule has 2 aromatic carbocycles. The van der Waals surface area contributed by atoms with E-state index in [4.69, 9.17) is 13.9 Å². The summed E-state index contributed by atoms with van der Waals surface area (Å²) >= 11 is 0. The average Bonchev–Trinajstić information content (AvgIpc) is 3.24. The van der Waals surface area contributed by atoms with Crippen molar-refractivity contribution in [2.45, 2.75) is 38.5 Å². The van der Waals surface area contributed by atoms with E-state index >= 15 is 0 Å². The number of amides is 1. The highest BCUT2D eigenvalue weighted by Gasteiger charge is 2.25. The molecule has 2 heterocycles. The molecule has 1 aromatic heterocycles. The van der Waals surface area contributed by atoms with E-state index in [9.17, 15) is 4.79 Å². The molecule has 1 N–H and O–H groups in total. The molecule has 3 aromatic rings. The van der Waals surface area contributed by atoms with Crippen LogP contribution in [0.2, 0.25) is 0 Å². The van der Waals surface area contributed by atoms with Crippen molar-refractivity contribution in [2.24, 2.45) is 0 Å². The standard InChI is InChI=1S/C24H24N2O4/c27-24(25-19-7-8-19)22-11-9-20(30-22)15-26(13-17-4-2-1-3-5-17)14-18-6-10-21-23(12-18)29-16-28-21/h1-6,9-12,19H,7-8,13-16H2,(H,25,27). The summed E-state index contributed by atoms with van der Waals surface area (Å²) in [5.74, 6) is 2.58. The third kappa shape index (κ3) is 4.49. The van der Waals surface area contributed by atoms with Crippen LogP contribution in [0.1, 0.15) is 40.3 Å². The van der Waals surface area contributed by atoms with E-state index in [2.05, 4.69) is 28.4 Å². The summed E-state index contributed by atoms with van der Waals surface area (Å²) in [6, 6.07) is 20.3. The molecule has 154 valence electrons. The zero-order valence-corrected chi connectivity index (χ0v) is 16.7. The van der Waals surface area contributed by atoms with E-state index < -0.39 is 0 Å². The van der Waals surface area contributed by atoms with Crippen LogP contribution in [-0.4, -0.2) is 23.6 Å². The lowest BCUT2D eigenvalue weighted by Gasteiger charge is -2.21. The molecule has 0 unspecified atom stereocenters. The molecular formula is C24H24N2O4. The van der Waals surface area contributed by atoms with E-state index in [0.717, 1.165) is 48.8 Å². The first kappa shape index (κ1) is 18.8. The van der Waals surface area contributed by atoms with E-state index in [-0.39, 0.29) is 12.7 Å². The zero-order valence-electron chi connectivity index (χ0n) is 16.7. The fraction of sp³-hybridized carbons (Fsp3) is 0.292. The monoisotopic (exact) mass is 404 g/mol. The Kier molecular flexibility index (Phi) is 5.15. The van der Waals surface area contributed by atoms with Gasteiger partial charge in [0.15, 0.2) is 17.3 Å². The molecule has 1 amide bonds. The number of furan rings is 1. The fourth-order valence-electron chi connectivity index (χ4n) is 3.60. The number of fused-ring (bicyclic) bond motifs is 1. The molecule has 2 aliphatic rings. The predicted octanol–water partition coefficient (Wildman–Crippen LogP) is 4.10. The van der Waals surface area contributed by atoms with Crippen LogP contribution in [0.15, 0.2) is 65.1 Å². The number of benzene rings is 2. The van der Waals surface area contributed by atoms with Crippen LogP contribution in [0.5, 0.6) is 11.5 Å². The number of carbonyl (C=O) groups excluding carboxylic acids is 1. The largest absolute Gasteiger partial charge is 0.455 e. The molecule has 6 nitrogen and oxygen atoms in total. The first-order valence-electron chi connectivity index (χ1n) is 10.3. The van der Waals surface area contributed by atoms with Crippen LogP contribution in [-0.2, 0) is 19.6 Å². The van der Waals surface area contributed by atoms with Crippen LogP contribution in [0.3, 0.4) is 0 Å². The minimum absolute atomic E-state index is 0.130. The molecule has 0 bridgehead atoms. The average molecular weight is 404 g/mol. The summed E-state index contributed by atoms with van der Waals surface area (Å²) in [6.07, 6.45) is 2.11. The van der Waals surface area contributed by atoms with E-state index in [1.54, 1.807) is 6.07 Å². The Morgan fingerprint density at radius 2 is 1.70 bits per heavy atom. The number of ether oxygens (including phenoxy) is 2. The summed E-state index contributed by atoms with van der Waals surface area (Å²) in [6.45, 7) is 2.35. The van der Waals surface area contributed by atoms with E-state index in [1.165, 1.54) is 5.56 Å². The lowest BCUT2D eigenvalue weighted by molar-refractivity contribution is 0.0918. The van der Waals surface area contributed by atoms with Crippen molar-refractivity contribution in [3.05, 3.63) is 83.3 Å². The summed E-state index contributed by atoms with van der Waals surface area (Å²) in [5.41, 5.74) is 2.35. The minimum atomic E-state index is -0.130. The number of hydrogen-bond donors (Lipinski definition) is 1. The van der Waals surface area contributed by atoms with Gasteiger partial charge in [0.25, 0.3) is 5.91 Å². The van der Waals surface area contributed by atoms with Crippen molar-refractivity contribution in [1.29, 1.82) is 0 Å². The van der Waals surface area contributed by atoms with Crippen molar-refractivity contribution in [3.8, 4) is 11.5 Å². The van der Waals surface area contributed by atoms with Gasteiger partial charge >= 0.3 is 0 Å². The first-order valence-corrected chi connectivity index (χ1v) is 10.3. The van der Waals surface area contributed by atoms with Crippen LogP contribution in [0.4, 0.5) is 0 Å². The Morgan fingerprint density at radius 1 is 0.900 bits per heavy atom. The molecule has 5 rings (SSSR count). The summed E-state index contributed by atoms with van der Waals surface area (Å²) in [4.78, 5) is 14.5. The van der Waals surface area contributed by atoms with Gasteiger partial charge in [-0.2, -0.15) is 0 Å². The minimum Gasteiger partial charge on any atom is -0.455 e. The Bertz CT molecular complexity index is 1030. The lowest BCUT2D eigenvalue weighted by Crippen LogP contribution is -2.25. The Hall–Kier alpha value is -3.25. The van der Waals surface area contributed by atoms with E-state index in [1.807, 2.05) is 36.4 Å². The SMILES string of the molecule is O=C(NC1CC1)c1ccc(CN(Cc2ccccc2)Cc2ccc3c(c2)OCO3)o1. The van der Waals surface area contributed by atoms with Crippen LogP contribution in [0, 0.1) is 0 Å². The highest BCUT2D eigenvalue weighted by Crippen LogP contribution is 2.33. The van der Waals surface area contributed by atoms with Crippen LogP contribution >= 0.6 is 0 Å². The number of hydrogen-bond acceptors (Lipinski definition) is 5. The van der Waals surface area contributed by atoms with Gasteiger partial charge in [-0.05, 0) is 48.2 Å². The maximum Gasteiger partial charge on any atom is 0.287 e. The number of rotatable bonds is 8. The second-order valence-corrected chi connectivity index (χ2v) is 7.83. The van der Waals surface area contributed by atoms with Gasteiger partial charge in [-0.25, -0.2) is 0 Å². The molecule has 0 spiro atoms.